The first-order chi connectivity index (χ1) is 11.7. The number of sulfonamides is 1. The van der Waals surface area contributed by atoms with E-state index in [4.69, 9.17) is 0 Å². The van der Waals surface area contributed by atoms with Gasteiger partial charge in [-0.15, -0.1) is 0 Å². The fourth-order valence-electron chi connectivity index (χ4n) is 1.94. The molecule has 0 heterocycles. The third kappa shape index (κ3) is 5.00. The number of carbonyl (C=O) groups excluding carboxylic acids is 1. The lowest BCUT2D eigenvalue weighted by atomic mass is 10.2. The molecule has 0 aromatic heterocycles. The summed E-state index contributed by atoms with van der Waals surface area (Å²) in [7, 11) is -0.776. The second-order valence-electron chi connectivity index (χ2n) is 5.17. The van der Waals surface area contributed by atoms with E-state index in [1.54, 1.807) is 6.07 Å². The second-order valence-corrected chi connectivity index (χ2v) is 8.39. The van der Waals surface area contributed by atoms with Crippen LogP contribution in [0.4, 0.5) is 14.5 Å². The van der Waals surface area contributed by atoms with Crippen LogP contribution in [0.3, 0.4) is 0 Å². The molecule has 2 aromatic carbocycles. The van der Waals surface area contributed by atoms with Gasteiger partial charge in [0.2, 0.25) is 10.0 Å². The van der Waals surface area contributed by atoms with E-state index >= 15 is 0 Å². The first-order valence-electron chi connectivity index (χ1n) is 7.09. The van der Waals surface area contributed by atoms with Crippen LogP contribution in [0.1, 0.15) is 10.4 Å². The van der Waals surface area contributed by atoms with Gasteiger partial charge >= 0.3 is 0 Å². The molecule has 0 saturated carbocycles. The molecule has 2 rings (SSSR count). The quantitative estimate of drug-likeness (QED) is 0.772. The number of nitrogens with zero attached hydrogens (tertiary/aromatic N) is 1. The summed E-state index contributed by atoms with van der Waals surface area (Å²) in [5, 5.41) is 2.59. The van der Waals surface area contributed by atoms with Gasteiger partial charge in [-0.1, -0.05) is 17.8 Å². The SMILES string of the molecule is CN(C)S(=O)(=O)c1cccc(NC(=O)c2ccc(SC(F)F)cc2)c1. The Morgan fingerprint density at radius 2 is 1.76 bits per heavy atom. The number of rotatable bonds is 6. The number of halogens is 2. The molecule has 2 aromatic rings. The van der Waals surface area contributed by atoms with Crippen LogP contribution in [0.15, 0.2) is 58.3 Å². The van der Waals surface area contributed by atoms with E-state index in [0.717, 1.165) is 4.31 Å². The van der Waals surface area contributed by atoms with Crippen LogP contribution >= 0.6 is 11.8 Å². The zero-order valence-corrected chi connectivity index (χ0v) is 15.1. The predicted octanol–water partition coefficient (Wildman–Crippen LogP) is 3.50. The maximum Gasteiger partial charge on any atom is 0.288 e. The van der Waals surface area contributed by atoms with E-state index in [0.29, 0.717) is 22.3 Å². The van der Waals surface area contributed by atoms with Crippen molar-refractivity contribution in [1.82, 2.24) is 4.31 Å². The zero-order chi connectivity index (χ0) is 18.6. The topological polar surface area (TPSA) is 66.5 Å². The lowest BCUT2D eigenvalue weighted by Crippen LogP contribution is -2.22. The van der Waals surface area contributed by atoms with E-state index in [9.17, 15) is 22.0 Å². The van der Waals surface area contributed by atoms with Crippen molar-refractivity contribution in [3.05, 3.63) is 54.1 Å². The highest BCUT2D eigenvalue weighted by molar-refractivity contribution is 7.99. The first kappa shape index (κ1) is 19.4. The molecule has 25 heavy (non-hydrogen) atoms. The number of benzene rings is 2. The van der Waals surface area contributed by atoms with Crippen molar-refractivity contribution in [2.24, 2.45) is 0 Å². The molecule has 0 bridgehead atoms. The van der Waals surface area contributed by atoms with E-state index in [1.165, 1.54) is 56.6 Å². The number of amides is 1. The highest BCUT2D eigenvalue weighted by atomic mass is 32.2. The highest BCUT2D eigenvalue weighted by Gasteiger charge is 2.17. The monoisotopic (exact) mass is 386 g/mol. The van der Waals surface area contributed by atoms with Gasteiger partial charge in [0.1, 0.15) is 0 Å². The molecule has 0 atom stereocenters. The largest absolute Gasteiger partial charge is 0.322 e. The van der Waals surface area contributed by atoms with Crippen molar-refractivity contribution in [3.8, 4) is 0 Å². The van der Waals surface area contributed by atoms with E-state index in [2.05, 4.69) is 5.32 Å². The normalized spacial score (nSPS) is 11.8. The summed E-state index contributed by atoms with van der Waals surface area (Å²) in [5.74, 6) is -2.99. The number of hydrogen-bond donors (Lipinski definition) is 1. The van der Waals surface area contributed by atoms with Gasteiger partial charge in [0.05, 0.1) is 4.90 Å². The van der Waals surface area contributed by atoms with Gasteiger partial charge in [0, 0.05) is 30.2 Å². The fraction of sp³-hybridized carbons (Fsp3) is 0.188. The average Bonchev–Trinajstić information content (AvgIpc) is 2.55. The molecule has 0 aliphatic carbocycles. The zero-order valence-electron chi connectivity index (χ0n) is 13.4. The average molecular weight is 386 g/mol. The Kier molecular flexibility index (Phi) is 6.15. The summed E-state index contributed by atoms with van der Waals surface area (Å²) in [6, 6.07) is 11.6. The number of carbonyl (C=O) groups is 1. The molecule has 1 N–H and O–H groups in total. The fourth-order valence-corrected chi connectivity index (χ4v) is 3.38. The second kappa shape index (κ2) is 7.94. The third-order valence-corrected chi connectivity index (χ3v) is 5.75. The Morgan fingerprint density at radius 3 is 2.32 bits per heavy atom. The van der Waals surface area contributed by atoms with Gasteiger partial charge < -0.3 is 5.32 Å². The Hall–Kier alpha value is -1.97. The number of nitrogens with one attached hydrogen (secondary N) is 1. The minimum atomic E-state index is -3.61. The summed E-state index contributed by atoms with van der Waals surface area (Å²) in [5.41, 5.74) is 0.596. The lowest BCUT2D eigenvalue weighted by molar-refractivity contribution is 0.102. The summed E-state index contributed by atoms with van der Waals surface area (Å²) in [6.45, 7) is 0. The predicted molar refractivity (Wildman–Crippen MR) is 93.6 cm³/mol. The molecule has 0 aliphatic heterocycles. The molecule has 1 amide bonds. The maximum atomic E-state index is 12.3. The molecule has 134 valence electrons. The number of alkyl halides is 2. The summed E-state index contributed by atoms with van der Waals surface area (Å²) in [6.07, 6.45) is 0. The smallest absolute Gasteiger partial charge is 0.288 e. The molecule has 0 fully saturated rings. The van der Waals surface area contributed by atoms with Crippen molar-refractivity contribution in [2.75, 3.05) is 19.4 Å². The van der Waals surface area contributed by atoms with Gasteiger partial charge in [0.25, 0.3) is 11.7 Å². The van der Waals surface area contributed by atoms with Gasteiger partial charge in [-0.05, 0) is 42.5 Å². The molecule has 9 heteroatoms. The van der Waals surface area contributed by atoms with Crippen LogP contribution in [0, 0.1) is 0 Å². The van der Waals surface area contributed by atoms with Crippen LogP contribution in [0.25, 0.3) is 0 Å². The summed E-state index contributed by atoms with van der Waals surface area (Å²) >= 11 is 0.394. The van der Waals surface area contributed by atoms with E-state index < -0.39 is 21.7 Å². The van der Waals surface area contributed by atoms with Crippen LogP contribution in [-0.2, 0) is 10.0 Å². The molecule has 0 saturated heterocycles. The molecule has 0 spiro atoms. The Bertz CT molecular complexity index is 854. The van der Waals surface area contributed by atoms with Gasteiger partial charge in [-0.25, -0.2) is 12.7 Å². The Labute approximate surface area is 149 Å². The van der Waals surface area contributed by atoms with Crippen molar-refractivity contribution < 1.29 is 22.0 Å². The van der Waals surface area contributed by atoms with Crippen molar-refractivity contribution in [2.45, 2.75) is 15.5 Å². The minimum absolute atomic E-state index is 0.0546. The molecule has 5 nitrogen and oxygen atoms in total. The maximum absolute atomic E-state index is 12.3. The van der Waals surface area contributed by atoms with Gasteiger partial charge in [-0.2, -0.15) is 8.78 Å². The Balaban J connectivity index is 2.16. The standard InChI is InChI=1S/C16H16F2N2O3S2/c1-20(2)25(22,23)14-5-3-4-12(10-14)19-15(21)11-6-8-13(9-7-11)24-16(17)18/h3-10,16H,1-2H3,(H,19,21). The lowest BCUT2D eigenvalue weighted by Gasteiger charge is -2.12. The molecule has 0 unspecified atom stereocenters. The van der Waals surface area contributed by atoms with E-state index in [-0.39, 0.29) is 10.5 Å². The van der Waals surface area contributed by atoms with Gasteiger partial charge in [-0.3, -0.25) is 4.79 Å². The number of hydrogen-bond acceptors (Lipinski definition) is 4. The van der Waals surface area contributed by atoms with E-state index in [1.807, 2.05) is 0 Å². The highest BCUT2D eigenvalue weighted by Crippen LogP contribution is 2.25. The van der Waals surface area contributed by atoms with Crippen molar-refractivity contribution in [1.29, 1.82) is 0 Å². The van der Waals surface area contributed by atoms with Crippen LogP contribution in [-0.4, -0.2) is 38.5 Å². The summed E-state index contributed by atoms with van der Waals surface area (Å²) < 4.78 is 49.9. The number of anilines is 1. The molecular weight excluding hydrogens is 370 g/mol. The molecule has 0 radical (unpaired) electrons. The number of thioether (sulfide) groups is 1. The molecular formula is C16H16F2N2O3S2. The Morgan fingerprint density at radius 1 is 1.12 bits per heavy atom. The van der Waals surface area contributed by atoms with Gasteiger partial charge in [0.15, 0.2) is 0 Å². The summed E-state index contributed by atoms with van der Waals surface area (Å²) in [4.78, 5) is 12.6. The van der Waals surface area contributed by atoms with Crippen molar-refractivity contribution >= 4 is 33.4 Å². The van der Waals surface area contributed by atoms with Crippen LogP contribution in [0.5, 0.6) is 0 Å². The van der Waals surface area contributed by atoms with Crippen LogP contribution < -0.4 is 5.32 Å². The molecule has 0 aliphatic rings. The minimum Gasteiger partial charge on any atom is -0.322 e. The first-order valence-corrected chi connectivity index (χ1v) is 9.41. The third-order valence-electron chi connectivity index (χ3n) is 3.21. The van der Waals surface area contributed by atoms with Crippen molar-refractivity contribution in [3.63, 3.8) is 0 Å². The van der Waals surface area contributed by atoms with Crippen LogP contribution in [0.2, 0.25) is 0 Å².